The number of hydrogen-bond donors (Lipinski definition) is 1. The summed E-state index contributed by atoms with van der Waals surface area (Å²) in [5.41, 5.74) is -0.428. The van der Waals surface area contributed by atoms with E-state index >= 15 is 0 Å². The van der Waals surface area contributed by atoms with E-state index in [9.17, 15) is 4.79 Å². The summed E-state index contributed by atoms with van der Waals surface area (Å²) in [6, 6.07) is 0. The van der Waals surface area contributed by atoms with Crippen molar-refractivity contribution in [2.45, 2.75) is 51.9 Å². The number of carbonyl (C=O) groups is 1. The Bertz CT molecular complexity index is 275. The lowest BCUT2D eigenvalue weighted by Gasteiger charge is -2.36. The number of ether oxygens (including phenoxy) is 2. The molecule has 106 valence electrons. The molecule has 1 N–H and O–H groups in total. The summed E-state index contributed by atoms with van der Waals surface area (Å²) in [4.78, 5) is 13.7. The quantitative estimate of drug-likeness (QED) is 0.757. The van der Waals surface area contributed by atoms with E-state index in [2.05, 4.69) is 4.90 Å². The van der Waals surface area contributed by atoms with Crippen LogP contribution in [-0.4, -0.2) is 60.0 Å². The molecule has 18 heavy (non-hydrogen) atoms. The zero-order valence-corrected chi connectivity index (χ0v) is 11.8. The minimum atomic E-state index is -0.428. The van der Waals surface area contributed by atoms with Gasteiger partial charge in [-0.1, -0.05) is 0 Å². The molecular weight excluding hydrogens is 234 g/mol. The van der Waals surface area contributed by atoms with Crippen LogP contribution in [0.3, 0.4) is 0 Å². The Balaban J connectivity index is 2.32. The molecular formula is C13H25NO4. The third kappa shape index (κ3) is 5.80. The van der Waals surface area contributed by atoms with Gasteiger partial charge in [0, 0.05) is 19.6 Å². The number of aliphatic hydroxyl groups excluding tert-OH is 1. The summed E-state index contributed by atoms with van der Waals surface area (Å²) >= 11 is 0. The molecule has 1 fully saturated rings. The minimum absolute atomic E-state index is 0.0211. The van der Waals surface area contributed by atoms with E-state index in [0.29, 0.717) is 19.5 Å². The van der Waals surface area contributed by atoms with Crippen molar-refractivity contribution in [3.8, 4) is 0 Å². The van der Waals surface area contributed by atoms with Gasteiger partial charge in [0.15, 0.2) is 0 Å². The SMILES string of the molecule is CC1CN(CCC(=O)OC(C)(C)C)CC(CO)O1. The monoisotopic (exact) mass is 259 g/mol. The van der Waals surface area contributed by atoms with Gasteiger partial charge >= 0.3 is 5.97 Å². The van der Waals surface area contributed by atoms with Gasteiger partial charge in [-0.15, -0.1) is 0 Å². The van der Waals surface area contributed by atoms with Gasteiger partial charge in [0.1, 0.15) is 5.60 Å². The number of nitrogens with zero attached hydrogens (tertiary/aromatic N) is 1. The predicted molar refractivity (Wildman–Crippen MR) is 68.3 cm³/mol. The number of rotatable bonds is 4. The highest BCUT2D eigenvalue weighted by Gasteiger charge is 2.25. The molecule has 2 unspecified atom stereocenters. The first-order valence-electron chi connectivity index (χ1n) is 6.50. The van der Waals surface area contributed by atoms with E-state index in [1.807, 2.05) is 27.7 Å². The molecule has 0 aliphatic carbocycles. The van der Waals surface area contributed by atoms with Crippen molar-refractivity contribution in [3.63, 3.8) is 0 Å². The standard InChI is InChI=1S/C13H25NO4/c1-10-7-14(8-11(9-15)17-10)6-5-12(16)18-13(2,3)4/h10-11,15H,5-9H2,1-4H3. The molecule has 0 saturated carbocycles. The molecule has 1 aliphatic rings. The second-order valence-corrected chi connectivity index (χ2v) is 5.85. The van der Waals surface area contributed by atoms with E-state index < -0.39 is 5.60 Å². The maximum absolute atomic E-state index is 11.6. The van der Waals surface area contributed by atoms with Gasteiger partial charge in [0.25, 0.3) is 0 Å². The molecule has 0 aromatic carbocycles. The van der Waals surface area contributed by atoms with Crippen molar-refractivity contribution in [2.75, 3.05) is 26.2 Å². The summed E-state index contributed by atoms with van der Waals surface area (Å²) in [5.74, 6) is -0.179. The van der Waals surface area contributed by atoms with E-state index in [-0.39, 0.29) is 24.8 Å². The van der Waals surface area contributed by atoms with E-state index in [0.717, 1.165) is 6.54 Å². The molecule has 1 heterocycles. The molecule has 1 rings (SSSR count). The molecule has 0 aromatic heterocycles. The second-order valence-electron chi connectivity index (χ2n) is 5.85. The number of esters is 1. The number of carbonyl (C=O) groups excluding carboxylic acids is 1. The smallest absolute Gasteiger partial charge is 0.307 e. The van der Waals surface area contributed by atoms with Crippen molar-refractivity contribution in [3.05, 3.63) is 0 Å². The highest BCUT2D eigenvalue weighted by Crippen LogP contribution is 2.12. The van der Waals surface area contributed by atoms with Crippen LogP contribution in [0.25, 0.3) is 0 Å². The topological polar surface area (TPSA) is 59.0 Å². The van der Waals surface area contributed by atoms with E-state index in [4.69, 9.17) is 14.6 Å². The highest BCUT2D eigenvalue weighted by atomic mass is 16.6. The second kappa shape index (κ2) is 6.50. The van der Waals surface area contributed by atoms with E-state index in [1.54, 1.807) is 0 Å². The highest BCUT2D eigenvalue weighted by molar-refractivity contribution is 5.70. The van der Waals surface area contributed by atoms with Gasteiger partial charge in [0.05, 0.1) is 25.2 Å². The predicted octanol–water partition coefficient (Wildman–Crippen LogP) is 0.800. The average molecular weight is 259 g/mol. The molecule has 0 radical (unpaired) electrons. The summed E-state index contributed by atoms with van der Waals surface area (Å²) in [7, 11) is 0. The van der Waals surface area contributed by atoms with Gasteiger partial charge in [0.2, 0.25) is 0 Å². The zero-order chi connectivity index (χ0) is 13.8. The van der Waals surface area contributed by atoms with Crippen molar-refractivity contribution in [2.24, 2.45) is 0 Å². The maximum atomic E-state index is 11.6. The zero-order valence-electron chi connectivity index (χ0n) is 11.8. The lowest BCUT2D eigenvalue weighted by atomic mass is 10.2. The van der Waals surface area contributed by atoms with Crippen LogP contribution in [0.2, 0.25) is 0 Å². The van der Waals surface area contributed by atoms with Crippen LogP contribution in [0, 0.1) is 0 Å². The van der Waals surface area contributed by atoms with Crippen LogP contribution in [0.4, 0.5) is 0 Å². The summed E-state index contributed by atoms with van der Waals surface area (Å²) in [6.45, 7) is 9.70. The van der Waals surface area contributed by atoms with Crippen LogP contribution in [0.1, 0.15) is 34.1 Å². The largest absolute Gasteiger partial charge is 0.460 e. The average Bonchev–Trinajstić information content (AvgIpc) is 2.23. The van der Waals surface area contributed by atoms with Crippen LogP contribution < -0.4 is 0 Å². The van der Waals surface area contributed by atoms with Crippen LogP contribution in [0.15, 0.2) is 0 Å². The van der Waals surface area contributed by atoms with Gasteiger partial charge < -0.3 is 14.6 Å². The number of morpholine rings is 1. The van der Waals surface area contributed by atoms with Crippen molar-refractivity contribution < 1.29 is 19.4 Å². The maximum Gasteiger partial charge on any atom is 0.307 e. The van der Waals surface area contributed by atoms with Gasteiger partial charge in [-0.25, -0.2) is 0 Å². The Morgan fingerprint density at radius 3 is 2.67 bits per heavy atom. The summed E-state index contributed by atoms with van der Waals surface area (Å²) < 4.78 is 10.8. The molecule has 0 spiro atoms. The summed E-state index contributed by atoms with van der Waals surface area (Å²) in [6.07, 6.45) is 0.323. The first-order valence-corrected chi connectivity index (χ1v) is 6.50. The summed E-state index contributed by atoms with van der Waals surface area (Å²) in [5, 5.41) is 9.11. The molecule has 0 bridgehead atoms. The first-order chi connectivity index (χ1) is 8.30. The normalized spacial score (nSPS) is 26.1. The molecule has 1 saturated heterocycles. The Labute approximate surface area is 109 Å². The lowest BCUT2D eigenvalue weighted by molar-refractivity contribution is -0.156. The molecule has 5 nitrogen and oxygen atoms in total. The fraction of sp³-hybridized carbons (Fsp3) is 0.923. The molecule has 1 aliphatic heterocycles. The molecule has 5 heteroatoms. The number of hydrogen-bond acceptors (Lipinski definition) is 5. The fourth-order valence-corrected chi connectivity index (χ4v) is 2.07. The van der Waals surface area contributed by atoms with Crippen LogP contribution in [0.5, 0.6) is 0 Å². The number of aliphatic hydroxyl groups is 1. The minimum Gasteiger partial charge on any atom is -0.460 e. The van der Waals surface area contributed by atoms with Gasteiger partial charge in [-0.2, -0.15) is 0 Å². The Kier molecular flexibility index (Phi) is 5.56. The lowest BCUT2D eigenvalue weighted by Crippen LogP contribution is -2.48. The molecule has 0 amide bonds. The van der Waals surface area contributed by atoms with Gasteiger partial charge in [-0.05, 0) is 27.7 Å². The first kappa shape index (κ1) is 15.4. The van der Waals surface area contributed by atoms with Gasteiger partial charge in [-0.3, -0.25) is 9.69 Å². The Morgan fingerprint density at radius 2 is 2.11 bits per heavy atom. The van der Waals surface area contributed by atoms with Crippen molar-refractivity contribution in [1.82, 2.24) is 4.90 Å². The fourth-order valence-electron chi connectivity index (χ4n) is 2.07. The molecule has 2 atom stereocenters. The molecule has 0 aromatic rings. The van der Waals surface area contributed by atoms with Crippen LogP contribution >= 0.6 is 0 Å². The van der Waals surface area contributed by atoms with E-state index in [1.165, 1.54) is 0 Å². The van der Waals surface area contributed by atoms with Crippen molar-refractivity contribution >= 4 is 5.97 Å². The Hall–Kier alpha value is -0.650. The third-order valence-electron chi connectivity index (χ3n) is 2.66. The van der Waals surface area contributed by atoms with Crippen molar-refractivity contribution in [1.29, 1.82) is 0 Å². The Morgan fingerprint density at radius 1 is 1.44 bits per heavy atom. The third-order valence-corrected chi connectivity index (χ3v) is 2.66. The van der Waals surface area contributed by atoms with Crippen LogP contribution in [-0.2, 0) is 14.3 Å².